The summed E-state index contributed by atoms with van der Waals surface area (Å²) in [6.45, 7) is 0. The van der Waals surface area contributed by atoms with Gasteiger partial charge in [0.25, 0.3) is 0 Å². The van der Waals surface area contributed by atoms with Crippen LogP contribution in [0, 0.1) is 0 Å². The molecule has 102 valence electrons. The molecule has 0 aromatic carbocycles. The molecule has 0 bridgehead atoms. The van der Waals surface area contributed by atoms with Gasteiger partial charge in [0.05, 0.1) is 11.9 Å². The minimum Gasteiger partial charge on any atom is -0.316 e. The molecule has 0 aliphatic rings. The molecule has 2 N–H and O–H groups in total. The van der Waals surface area contributed by atoms with Crippen LogP contribution in [0.4, 0.5) is 10.9 Å². The van der Waals surface area contributed by atoms with E-state index in [-0.39, 0.29) is 0 Å². The summed E-state index contributed by atoms with van der Waals surface area (Å²) in [6.07, 6.45) is 5.31. The van der Waals surface area contributed by atoms with Gasteiger partial charge in [-0.3, -0.25) is 5.10 Å². The van der Waals surface area contributed by atoms with Crippen molar-refractivity contribution in [3.8, 4) is 11.3 Å². The maximum atomic E-state index is 4.62. The molecule has 7 heteroatoms. The van der Waals surface area contributed by atoms with Crippen LogP contribution >= 0.6 is 11.3 Å². The van der Waals surface area contributed by atoms with Crippen LogP contribution in [0.15, 0.2) is 48.9 Å². The Morgan fingerprint density at radius 1 is 1.10 bits per heavy atom. The molecule has 0 atom stereocenters. The van der Waals surface area contributed by atoms with Crippen LogP contribution in [0.1, 0.15) is 0 Å². The lowest BCUT2D eigenvalue weighted by Crippen LogP contribution is -1.90. The lowest BCUT2D eigenvalue weighted by Gasteiger charge is -1.98. The van der Waals surface area contributed by atoms with Crippen molar-refractivity contribution in [3.63, 3.8) is 0 Å². The van der Waals surface area contributed by atoms with Crippen molar-refractivity contribution >= 4 is 32.6 Å². The first kappa shape index (κ1) is 12.0. The molecule has 0 radical (unpaired) electrons. The van der Waals surface area contributed by atoms with Gasteiger partial charge in [0, 0.05) is 18.0 Å². The van der Waals surface area contributed by atoms with Crippen molar-refractivity contribution < 1.29 is 0 Å². The monoisotopic (exact) mass is 294 g/mol. The van der Waals surface area contributed by atoms with Gasteiger partial charge in [0.15, 0.2) is 5.13 Å². The number of pyridine rings is 2. The van der Waals surface area contributed by atoms with Crippen molar-refractivity contribution in [2.75, 3.05) is 5.32 Å². The minimum absolute atomic E-state index is 0.770. The number of anilines is 2. The quantitative estimate of drug-likeness (QED) is 0.606. The van der Waals surface area contributed by atoms with E-state index in [4.69, 9.17) is 0 Å². The normalized spacial score (nSPS) is 10.9. The molecule has 4 aromatic heterocycles. The number of rotatable bonds is 3. The molecule has 0 unspecified atom stereocenters. The van der Waals surface area contributed by atoms with Gasteiger partial charge in [-0.1, -0.05) is 17.4 Å². The molecule has 21 heavy (non-hydrogen) atoms. The van der Waals surface area contributed by atoms with E-state index < -0.39 is 0 Å². The third-order valence-corrected chi connectivity index (χ3v) is 3.83. The third kappa shape index (κ3) is 2.34. The molecule has 4 aromatic rings. The maximum Gasteiger partial charge on any atom is 0.190 e. The van der Waals surface area contributed by atoms with Crippen molar-refractivity contribution in [2.24, 2.45) is 0 Å². The van der Waals surface area contributed by atoms with Gasteiger partial charge in [-0.25, -0.2) is 15.0 Å². The molecule has 0 saturated carbocycles. The van der Waals surface area contributed by atoms with Gasteiger partial charge >= 0.3 is 0 Å². The summed E-state index contributed by atoms with van der Waals surface area (Å²) >= 11 is 1.50. The second kappa shape index (κ2) is 4.95. The molecular formula is C14H10N6S. The van der Waals surface area contributed by atoms with Crippen LogP contribution in [0.3, 0.4) is 0 Å². The molecule has 0 fully saturated rings. The average molecular weight is 294 g/mol. The number of H-pyrrole nitrogens is 1. The largest absolute Gasteiger partial charge is 0.316 e. The van der Waals surface area contributed by atoms with Crippen LogP contribution in [0.25, 0.3) is 21.6 Å². The van der Waals surface area contributed by atoms with Crippen LogP contribution in [0.5, 0.6) is 0 Å². The van der Waals surface area contributed by atoms with Crippen LogP contribution < -0.4 is 5.32 Å². The van der Waals surface area contributed by atoms with Crippen LogP contribution in [-0.4, -0.2) is 25.1 Å². The molecule has 4 heterocycles. The average Bonchev–Trinajstić information content (AvgIpc) is 3.16. The highest BCUT2D eigenvalue weighted by atomic mass is 32.1. The predicted molar refractivity (Wildman–Crippen MR) is 82.5 cm³/mol. The van der Waals surface area contributed by atoms with Gasteiger partial charge in [0.2, 0.25) is 0 Å². The molecule has 0 amide bonds. The minimum atomic E-state index is 0.770. The molecule has 0 aliphatic carbocycles. The summed E-state index contributed by atoms with van der Waals surface area (Å²) < 4.78 is 0. The van der Waals surface area contributed by atoms with E-state index in [9.17, 15) is 0 Å². The topological polar surface area (TPSA) is 79.4 Å². The van der Waals surface area contributed by atoms with E-state index in [1.54, 1.807) is 12.4 Å². The fraction of sp³-hybridized carbons (Fsp3) is 0. The van der Waals surface area contributed by atoms with Gasteiger partial charge in [-0.05, 0) is 24.3 Å². The number of hydrogen-bond donors (Lipinski definition) is 2. The fourth-order valence-corrected chi connectivity index (χ4v) is 2.81. The zero-order valence-electron chi connectivity index (χ0n) is 10.8. The van der Waals surface area contributed by atoms with Crippen molar-refractivity contribution in [3.05, 3.63) is 48.9 Å². The first-order chi connectivity index (χ1) is 10.4. The Bertz CT molecular complexity index is 869. The Kier molecular flexibility index (Phi) is 2.82. The van der Waals surface area contributed by atoms with Crippen LogP contribution in [-0.2, 0) is 0 Å². The van der Waals surface area contributed by atoms with Crippen molar-refractivity contribution in [2.45, 2.75) is 0 Å². The number of hydrogen-bond acceptors (Lipinski definition) is 6. The number of thiazole rings is 1. The molecule has 0 spiro atoms. The Morgan fingerprint density at radius 2 is 2.10 bits per heavy atom. The van der Waals surface area contributed by atoms with Gasteiger partial charge in [-0.2, -0.15) is 5.10 Å². The first-order valence-corrected chi connectivity index (χ1v) is 7.15. The van der Waals surface area contributed by atoms with E-state index >= 15 is 0 Å². The lowest BCUT2D eigenvalue weighted by molar-refractivity contribution is 1.09. The summed E-state index contributed by atoms with van der Waals surface area (Å²) in [6, 6.07) is 9.61. The number of aromatic nitrogens is 5. The Hall–Kier alpha value is -2.80. The lowest BCUT2D eigenvalue weighted by atomic mass is 10.2. The standard InChI is InChI=1S/C14H10N6S/c1-2-6-15-12(3-1)20-14-19-11-5-4-10(18-13(11)21-14)9-7-16-17-8-9/h1-8H,(H,16,17)(H,15,19,20). The van der Waals surface area contributed by atoms with E-state index in [1.807, 2.05) is 36.5 Å². The highest BCUT2D eigenvalue weighted by Gasteiger charge is 2.08. The van der Waals surface area contributed by atoms with Gasteiger partial charge in [-0.15, -0.1) is 0 Å². The number of nitrogens with zero attached hydrogens (tertiary/aromatic N) is 4. The second-order valence-corrected chi connectivity index (χ2v) is 5.34. The van der Waals surface area contributed by atoms with E-state index in [0.717, 1.165) is 32.6 Å². The fourth-order valence-electron chi connectivity index (χ4n) is 1.97. The SMILES string of the molecule is c1ccc(Nc2nc3ccc(-c4cn[nH]c4)nc3s2)nc1. The molecule has 0 aliphatic heterocycles. The predicted octanol–water partition coefficient (Wildman–Crippen LogP) is 3.22. The maximum absolute atomic E-state index is 4.62. The number of fused-ring (bicyclic) bond motifs is 1. The van der Waals surface area contributed by atoms with E-state index in [2.05, 4.69) is 30.5 Å². The van der Waals surface area contributed by atoms with Crippen LogP contribution in [0.2, 0.25) is 0 Å². The molecule has 4 rings (SSSR count). The van der Waals surface area contributed by atoms with Gasteiger partial charge in [0.1, 0.15) is 16.2 Å². The highest BCUT2D eigenvalue weighted by molar-refractivity contribution is 7.21. The zero-order valence-corrected chi connectivity index (χ0v) is 11.6. The third-order valence-electron chi connectivity index (χ3n) is 2.95. The van der Waals surface area contributed by atoms with Gasteiger partial charge < -0.3 is 5.32 Å². The summed E-state index contributed by atoms with van der Waals surface area (Å²) in [5.41, 5.74) is 2.71. The van der Waals surface area contributed by atoms with Crippen molar-refractivity contribution in [1.82, 2.24) is 25.1 Å². The summed E-state index contributed by atoms with van der Waals surface area (Å²) in [5, 5.41) is 10.7. The summed E-state index contributed by atoms with van der Waals surface area (Å²) in [7, 11) is 0. The number of nitrogens with one attached hydrogen (secondary N) is 2. The van der Waals surface area contributed by atoms with E-state index in [0.29, 0.717) is 0 Å². The molecular weight excluding hydrogens is 284 g/mol. The summed E-state index contributed by atoms with van der Waals surface area (Å²) in [5.74, 6) is 0.770. The smallest absolute Gasteiger partial charge is 0.190 e. The number of aromatic amines is 1. The highest BCUT2D eigenvalue weighted by Crippen LogP contribution is 2.28. The van der Waals surface area contributed by atoms with Crippen molar-refractivity contribution in [1.29, 1.82) is 0 Å². The summed E-state index contributed by atoms with van der Waals surface area (Å²) in [4.78, 5) is 14.2. The second-order valence-electron chi connectivity index (χ2n) is 4.37. The molecule has 6 nitrogen and oxygen atoms in total. The molecule has 0 saturated heterocycles. The Balaban J connectivity index is 1.70. The first-order valence-electron chi connectivity index (χ1n) is 6.33. The Morgan fingerprint density at radius 3 is 2.90 bits per heavy atom. The Labute approximate surface area is 123 Å². The van der Waals surface area contributed by atoms with E-state index in [1.165, 1.54) is 11.3 Å². The zero-order chi connectivity index (χ0) is 14.1.